The molecule has 0 fully saturated rings. The van der Waals surface area contributed by atoms with Crippen LogP contribution in [-0.2, 0) is 11.2 Å². The van der Waals surface area contributed by atoms with E-state index in [0.29, 0.717) is 16.5 Å². The molecule has 0 bridgehead atoms. The maximum Gasteiger partial charge on any atom is 0.267 e. The summed E-state index contributed by atoms with van der Waals surface area (Å²) in [4.78, 5) is 12.4. The number of anilines is 2. The largest absolute Gasteiger partial charge is 0.495 e. The number of ether oxygens (including phenoxy) is 1. The second-order valence-electron chi connectivity index (χ2n) is 5.91. The van der Waals surface area contributed by atoms with E-state index in [4.69, 9.17) is 16.3 Å². The summed E-state index contributed by atoms with van der Waals surface area (Å²) in [6.07, 6.45) is 4.73. The fraction of sp³-hybridized carbons (Fsp3) is 0.238. The lowest BCUT2D eigenvalue weighted by atomic mass is 10.1. The molecule has 0 spiro atoms. The fourth-order valence-electron chi connectivity index (χ4n) is 2.42. The van der Waals surface area contributed by atoms with Crippen molar-refractivity contribution in [1.82, 2.24) is 0 Å². The van der Waals surface area contributed by atoms with Gasteiger partial charge in [0.1, 0.15) is 17.4 Å². The molecule has 0 aliphatic rings. The van der Waals surface area contributed by atoms with E-state index in [1.807, 2.05) is 30.3 Å². The van der Waals surface area contributed by atoms with Gasteiger partial charge in [-0.15, -0.1) is 0 Å². The molecule has 0 unspecified atom stereocenters. The molecular weight excluding hydrogens is 362 g/mol. The van der Waals surface area contributed by atoms with Gasteiger partial charge in [-0.1, -0.05) is 37.1 Å². The Morgan fingerprint density at radius 2 is 2.00 bits per heavy atom. The van der Waals surface area contributed by atoms with Gasteiger partial charge in [0, 0.05) is 16.9 Å². The van der Waals surface area contributed by atoms with Gasteiger partial charge in [-0.3, -0.25) is 4.79 Å². The van der Waals surface area contributed by atoms with E-state index < -0.39 is 5.91 Å². The predicted molar refractivity (Wildman–Crippen MR) is 109 cm³/mol. The van der Waals surface area contributed by atoms with Crippen LogP contribution in [0, 0.1) is 11.3 Å². The second kappa shape index (κ2) is 10.2. The zero-order chi connectivity index (χ0) is 19.6. The van der Waals surface area contributed by atoms with E-state index in [2.05, 4.69) is 17.6 Å². The first-order valence-corrected chi connectivity index (χ1v) is 9.05. The Morgan fingerprint density at radius 3 is 2.63 bits per heavy atom. The van der Waals surface area contributed by atoms with E-state index in [9.17, 15) is 10.1 Å². The minimum atomic E-state index is -0.551. The van der Waals surface area contributed by atoms with Crippen LogP contribution in [0.1, 0.15) is 25.3 Å². The van der Waals surface area contributed by atoms with Crippen molar-refractivity contribution in [3.05, 3.63) is 64.8 Å². The van der Waals surface area contributed by atoms with Crippen molar-refractivity contribution >= 4 is 28.9 Å². The van der Waals surface area contributed by atoms with Gasteiger partial charge in [0.15, 0.2) is 0 Å². The SMILES string of the molecule is CCCCc1ccc(N/C=C(/C#N)C(=O)Nc2cc(Cl)ccc2OC)cc1. The van der Waals surface area contributed by atoms with E-state index in [1.165, 1.54) is 18.9 Å². The monoisotopic (exact) mass is 383 g/mol. The summed E-state index contributed by atoms with van der Waals surface area (Å²) in [7, 11) is 1.49. The normalized spacial score (nSPS) is 10.8. The second-order valence-corrected chi connectivity index (χ2v) is 6.35. The van der Waals surface area contributed by atoms with Crippen molar-refractivity contribution in [3.63, 3.8) is 0 Å². The Labute approximate surface area is 164 Å². The number of carbonyl (C=O) groups excluding carboxylic acids is 1. The first kappa shape index (κ1) is 20.3. The van der Waals surface area contributed by atoms with E-state index >= 15 is 0 Å². The van der Waals surface area contributed by atoms with E-state index in [0.717, 1.165) is 24.9 Å². The number of nitriles is 1. The molecule has 2 aromatic rings. The number of unbranched alkanes of at least 4 members (excludes halogenated alkanes) is 1. The molecule has 1 amide bonds. The smallest absolute Gasteiger partial charge is 0.267 e. The number of hydrogen-bond acceptors (Lipinski definition) is 4. The number of aryl methyl sites for hydroxylation is 1. The van der Waals surface area contributed by atoms with Crippen LogP contribution < -0.4 is 15.4 Å². The van der Waals surface area contributed by atoms with Gasteiger partial charge in [-0.05, 0) is 48.7 Å². The Kier molecular flexibility index (Phi) is 7.72. The molecule has 0 heterocycles. The maximum absolute atomic E-state index is 12.4. The van der Waals surface area contributed by atoms with Crippen LogP contribution in [0.4, 0.5) is 11.4 Å². The molecule has 27 heavy (non-hydrogen) atoms. The summed E-state index contributed by atoms with van der Waals surface area (Å²) in [5.41, 5.74) is 2.40. The summed E-state index contributed by atoms with van der Waals surface area (Å²) in [5.74, 6) is -0.0919. The highest BCUT2D eigenvalue weighted by Gasteiger charge is 2.12. The summed E-state index contributed by atoms with van der Waals surface area (Å²) in [5, 5.41) is 15.4. The number of halogens is 1. The van der Waals surface area contributed by atoms with Crippen LogP contribution in [-0.4, -0.2) is 13.0 Å². The van der Waals surface area contributed by atoms with Crippen molar-refractivity contribution < 1.29 is 9.53 Å². The number of methoxy groups -OCH3 is 1. The predicted octanol–water partition coefficient (Wildman–Crippen LogP) is 5.15. The topological polar surface area (TPSA) is 74.2 Å². The molecular formula is C21H22ClN3O2. The minimum absolute atomic E-state index is 0.0629. The minimum Gasteiger partial charge on any atom is -0.495 e. The van der Waals surface area contributed by atoms with Crippen LogP contribution in [0.3, 0.4) is 0 Å². The standard InChI is InChI=1S/C21H22ClN3O2/c1-3-4-5-15-6-9-18(10-7-15)24-14-16(13-23)21(26)25-19-12-17(22)8-11-20(19)27-2/h6-12,14,24H,3-5H2,1-2H3,(H,25,26)/b16-14-. The Balaban J connectivity index is 2.06. The number of nitrogens with zero attached hydrogens (tertiary/aromatic N) is 1. The van der Waals surface area contributed by atoms with Crippen LogP contribution in [0.5, 0.6) is 5.75 Å². The molecule has 0 saturated carbocycles. The molecule has 0 saturated heterocycles. The molecule has 0 aromatic heterocycles. The van der Waals surface area contributed by atoms with Crippen molar-refractivity contribution in [2.24, 2.45) is 0 Å². The summed E-state index contributed by atoms with van der Waals surface area (Å²) in [6, 6.07) is 14.7. The average Bonchev–Trinajstić information content (AvgIpc) is 2.68. The van der Waals surface area contributed by atoms with Crippen LogP contribution >= 0.6 is 11.6 Å². The van der Waals surface area contributed by atoms with Gasteiger partial charge >= 0.3 is 0 Å². The molecule has 0 aliphatic carbocycles. The molecule has 2 aromatic carbocycles. The molecule has 2 rings (SSSR count). The number of hydrogen-bond donors (Lipinski definition) is 2. The molecule has 0 aliphatic heterocycles. The van der Waals surface area contributed by atoms with Crippen molar-refractivity contribution in [2.45, 2.75) is 26.2 Å². The van der Waals surface area contributed by atoms with Gasteiger partial charge < -0.3 is 15.4 Å². The van der Waals surface area contributed by atoms with Crippen LogP contribution in [0.25, 0.3) is 0 Å². The number of benzene rings is 2. The third-order valence-corrected chi connectivity index (χ3v) is 4.17. The molecule has 0 radical (unpaired) electrons. The summed E-state index contributed by atoms with van der Waals surface area (Å²) >= 11 is 5.96. The highest BCUT2D eigenvalue weighted by atomic mass is 35.5. The van der Waals surface area contributed by atoms with E-state index in [-0.39, 0.29) is 5.57 Å². The van der Waals surface area contributed by atoms with Gasteiger partial charge in [-0.2, -0.15) is 5.26 Å². The lowest BCUT2D eigenvalue weighted by molar-refractivity contribution is -0.112. The van der Waals surface area contributed by atoms with Crippen molar-refractivity contribution in [1.29, 1.82) is 5.26 Å². The first-order chi connectivity index (χ1) is 13.1. The third kappa shape index (κ3) is 6.05. The van der Waals surface area contributed by atoms with Gasteiger partial charge in [0.2, 0.25) is 0 Å². The molecule has 140 valence electrons. The third-order valence-electron chi connectivity index (χ3n) is 3.93. The molecule has 2 N–H and O–H groups in total. The average molecular weight is 384 g/mol. The lowest BCUT2D eigenvalue weighted by Crippen LogP contribution is -2.15. The van der Waals surface area contributed by atoms with E-state index in [1.54, 1.807) is 18.2 Å². The Bertz CT molecular complexity index is 855. The van der Waals surface area contributed by atoms with Gasteiger partial charge in [-0.25, -0.2) is 0 Å². The number of nitrogens with one attached hydrogen (secondary N) is 2. The summed E-state index contributed by atoms with van der Waals surface area (Å²) in [6.45, 7) is 2.16. The van der Waals surface area contributed by atoms with Crippen molar-refractivity contribution in [3.8, 4) is 11.8 Å². The zero-order valence-electron chi connectivity index (χ0n) is 15.4. The van der Waals surface area contributed by atoms with Crippen LogP contribution in [0.15, 0.2) is 54.2 Å². The summed E-state index contributed by atoms with van der Waals surface area (Å²) < 4.78 is 5.19. The van der Waals surface area contributed by atoms with Gasteiger partial charge in [0.05, 0.1) is 12.8 Å². The Hall–Kier alpha value is -2.97. The zero-order valence-corrected chi connectivity index (χ0v) is 16.1. The highest BCUT2D eigenvalue weighted by Crippen LogP contribution is 2.28. The first-order valence-electron chi connectivity index (χ1n) is 8.68. The number of rotatable bonds is 8. The molecule has 5 nitrogen and oxygen atoms in total. The molecule has 6 heteroatoms. The number of amides is 1. The highest BCUT2D eigenvalue weighted by molar-refractivity contribution is 6.31. The van der Waals surface area contributed by atoms with Crippen molar-refractivity contribution in [2.75, 3.05) is 17.7 Å². The molecule has 0 atom stereocenters. The fourth-order valence-corrected chi connectivity index (χ4v) is 2.59. The van der Waals surface area contributed by atoms with Gasteiger partial charge in [0.25, 0.3) is 5.91 Å². The quantitative estimate of drug-likeness (QED) is 0.488. The number of carbonyl (C=O) groups is 1. The Morgan fingerprint density at radius 1 is 1.26 bits per heavy atom. The van der Waals surface area contributed by atoms with Crippen LogP contribution in [0.2, 0.25) is 5.02 Å². The lowest BCUT2D eigenvalue weighted by Gasteiger charge is -2.10. The maximum atomic E-state index is 12.4.